The molecule has 6 heteroatoms. The highest BCUT2D eigenvalue weighted by atomic mass is 16.6. The first kappa shape index (κ1) is 12.0. The number of amides is 1. The zero-order chi connectivity index (χ0) is 12.6. The topological polar surface area (TPSA) is 47.4 Å². The van der Waals surface area contributed by atoms with Crippen LogP contribution in [0.2, 0.25) is 0 Å². The van der Waals surface area contributed by atoms with Gasteiger partial charge in [-0.25, -0.2) is 4.79 Å². The number of hydrogen-bond donors (Lipinski definition) is 0. The van der Waals surface area contributed by atoms with Crippen LogP contribution in [0.3, 0.4) is 0 Å². The molecule has 1 aromatic heterocycles. The van der Waals surface area contributed by atoms with Gasteiger partial charge in [-0.2, -0.15) is 5.10 Å². The Balaban J connectivity index is 2.05. The fourth-order valence-electron chi connectivity index (χ4n) is 1.93. The van der Waals surface area contributed by atoms with Crippen molar-refractivity contribution < 1.29 is 9.53 Å². The van der Waals surface area contributed by atoms with E-state index in [2.05, 4.69) is 5.10 Å². The Kier molecular flexibility index (Phi) is 2.89. The lowest BCUT2D eigenvalue weighted by Crippen LogP contribution is -2.39. The number of carbonyl (C=O) groups is 1. The molecule has 17 heavy (non-hydrogen) atoms. The van der Waals surface area contributed by atoms with Crippen LogP contribution in [0.25, 0.3) is 0 Å². The summed E-state index contributed by atoms with van der Waals surface area (Å²) in [7, 11) is 1.90. The van der Waals surface area contributed by atoms with E-state index in [9.17, 15) is 4.79 Å². The van der Waals surface area contributed by atoms with Gasteiger partial charge in [0.1, 0.15) is 5.60 Å². The van der Waals surface area contributed by atoms with E-state index in [-0.39, 0.29) is 6.09 Å². The van der Waals surface area contributed by atoms with E-state index in [1.807, 2.05) is 34.9 Å². The summed E-state index contributed by atoms with van der Waals surface area (Å²) >= 11 is 0. The van der Waals surface area contributed by atoms with Crippen LogP contribution < -0.4 is 0 Å². The summed E-state index contributed by atoms with van der Waals surface area (Å²) in [5.41, 5.74) is 1.77. The molecule has 0 saturated carbocycles. The van der Waals surface area contributed by atoms with Gasteiger partial charge in [-0.1, -0.05) is 0 Å². The minimum absolute atomic E-state index is 0.244. The molecule has 0 aromatic carbocycles. The summed E-state index contributed by atoms with van der Waals surface area (Å²) in [5.74, 6) is 0. The molecule has 1 aliphatic heterocycles. The molecule has 1 aliphatic rings. The van der Waals surface area contributed by atoms with Crippen molar-refractivity contribution in [3.8, 4) is 0 Å². The molecule has 1 amide bonds. The summed E-state index contributed by atoms with van der Waals surface area (Å²) in [6, 6.07) is 0. The molecule has 0 bridgehead atoms. The summed E-state index contributed by atoms with van der Waals surface area (Å²) in [4.78, 5) is 13.6. The van der Waals surface area contributed by atoms with Crippen LogP contribution in [0.1, 0.15) is 32.0 Å². The summed E-state index contributed by atoms with van der Waals surface area (Å²) < 4.78 is 7.15. The standard InChI is InChI=1S/C11H18BN3O2/c1-11(2,3)17-10(16)14-5-4-9-8(6-14)7-15(12)13-9/h7H,4-6,12H2,1-3H3. The van der Waals surface area contributed by atoms with Crippen LogP contribution >= 0.6 is 0 Å². The molecule has 2 heterocycles. The lowest BCUT2D eigenvalue weighted by Gasteiger charge is -2.29. The van der Waals surface area contributed by atoms with Crippen molar-refractivity contribution in [3.63, 3.8) is 0 Å². The van der Waals surface area contributed by atoms with Gasteiger partial charge >= 0.3 is 6.09 Å². The quantitative estimate of drug-likeness (QED) is 0.618. The SMILES string of the molecule is Bn1cc2c(n1)CCN(C(=O)OC(C)(C)C)C2. The van der Waals surface area contributed by atoms with Crippen molar-refractivity contribution >= 4 is 14.1 Å². The van der Waals surface area contributed by atoms with E-state index < -0.39 is 5.60 Å². The highest BCUT2D eigenvalue weighted by Crippen LogP contribution is 2.19. The molecule has 0 N–H and O–H groups in total. The van der Waals surface area contributed by atoms with Gasteiger partial charge in [0.15, 0.2) is 0 Å². The van der Waals surface area contributed by atoms with Crippen molar-refractivity contribution in [3.05, 3.63) is 17.5 Å². The van der Waals surface area contributed by atoms with Gasteiger partial charge in [-0.3, -0.25) is 0 Å². The average Bonchev–Trinajstić information content (AvgIpc) is 2.53. The molecule has 92 valence electrons. The monoisotopic (exact) mass is 235 g/mol. The molecule has 0 fully saturated rings. The van der Waals surface area contributed by atoms with Crippen LogP contribution in [0.5, 0.6) is 0 Å². The first-order chi connectivity index (χ1) is 7.85. The molecule has 0 aliphatic carbocycles. The predicted molar refractivity (Wildman–Crippen MR) is 66.5 cm³/mol. The molecule has 0 saturated heterocycles. The number of nitrogens with zero attached hydrogens (tertiary/aromatic N) is 3. The lowest BCUT2D eigenvalue weighted by molar-refractivity contribution is 0.0223. The fraction of sp³-hybridized carbons (Fsp3) is 0.636. The largest absolute Gasteiger partial charge is 0.444 e. The van der Waals surface area contributed by atoms with Gasteiger partial charge in [0, 0.05) is 24.7 Å². The van der Waals surface area contributed by atoms with Crippen molar-refractivity contribution in [1.29, 1.82) is 0 Å². The molecule has 0 radical (unpaired) electrons. The van der Waals surface area contributed by atoms with Gasteiger partial charge in [-0.15, -0.1) is 0 Å². The minimum Gasteiger partial charge on any atom is -0.444 e. The molecule has 0 unspecified atom stereocenters. The van der Waals surface area contributed by atoms with Crippen molar-refractivity contribution in [1.82, 2.24) is 14.6 Å². The van der Waals surface area contributed by atoms with Crippen LogP contribution in [-0.2, 0) is 17.7 Å². The second-order valence-electron chi connectivity index (χ2n) is 5.43. The molecule has 0 spiro atoms. The smallest absolute Gasteiger partial charge is 0.410 e. The second-order valence-corrected chi connectivity index (χ2v) is 5.43. The Labute approximate surface area is 102 Å². The molecule has 1 aromatic rings. The minimum atomic E-state index is -0.438. The van der Waals surface area contributed by atoms with Crippen molar-refractivity contribution in [2.45, 2.75) is 39.3 Å². The molecular weight excluding hydrogens is 217 g/mol. The Morgan fingerprint density at radius 3 is 2.88 bits per heavy atom. The third-order valence-corrected chi connectivity index (χ3v) is 2.62. The molecule has 2 rings (SSSR count). The Morgan fingerprint density at radius 2 is 2.24 bits per heavy atom. The summed E-state index contributed by atoms with van der Waals surface area (Å²) in [5, 5.41) is 4.36. The van der Waals surface area contributed by atoms with E-state index in [4.69, 9.17) is 4.74 Å². The first-order valence-electron chi connectivity index (χ1n) is 5.84. The van der Waals surface area contributed by atoms with Gasteiger partial charge in [0.25, 0.3) is 0 Å². The van der Waals surface area contributed by atoms with Gasteiger partial charge in [-0.05, 0) is 20.8 Å². The van der Waals surface area contributed by atoms with Crippen LogP contribution in [0, 0.1) is 0 Å². The van der Waals surface area contributed by atoms with Gasteiger partial charge in [0.05, 0.1) is 12.2 Å². The van der Waals surface area contributed by atoms with Gasteiger partial charge in [0.2, 0.25) is 7.98 Å². The number of fused-ring (bicyclic) bond motifs is 1. The van der Waals surface area contributed by atoms with E-state index >= 15 is 0 Å². The Hall–Kier alpha value is -1.46. The van der Waals surface area contributed by atoms with Gasteiger partial charge < -0.3 is 14.2 Å². The summed E-state index contributed by atoms with van der Waals surface area (Å²) in [6.07, 6.45) is 2.52. The number of rotatable bonds is 0. The summed E-state index contributed by atoms with van der Waals surface area (Å²) in [6.45, 7) is 6.91. The lowest BCUT2D eigenvalue weighted by atomic mass is 10.1. The average molecular weight is 235 g/mol. The normalized spacial score (nSPS) is 15.6. The first-order valence-corrected chi connectivity index (χ1v) is 5.84. The van der Waals surface area contributed by atoms with E-state index in [1.165, 1.54) is 0 Å². The maximum Gasteiger partial charge on any atom is 0.410 e. The van der Waals surface area contributed by atoms with Crippen LogP contribution in [-0.4, -0.2) is 40.8 Å². The van der Waals surface area contributed by atoms with Crippen LogP contribution in [0.15, 0.2) is 6.20 Å². The van der Waals surface area contributed by atoms with E-state index in [1.54, 1.807) is 9.49 Å². The zero-order valence-corrected chi connectivity index (χ0v) is 10.9. The highest BCUT2D eigenvalue weighted by Gasteiger charge is 2.26. The van der Waals surface area contributed by atoms with Crippen LogP contribution in [0.4, 0.5) is 4.79 Å². The van der Waals surface area contributed by atoms with E-state index in [0.717, 1.165) is 17.7 Å². The van der Waals surface area contributed by atoms with Crippen molar-refractivity contribution in [2.75, 3.05) is 6.54 Å². The highest BCUT2D eigenvalue weighted by molar-refractivity contribution is 6.05. The fourth-order valence-corrected chi connectivity index (χ4v) is 1.93. The maximum absolute atomic E-state index is 11.9. The number of hydrogen-bond acceptors (Lipinski definition) is 3. The molecule has 5 nitrogen and oxygen atoms in total. The number of aromatic nitrogens is 2. The van der Waals surface area contributed by atoms with E-state index in [0.29, 0.717) is 13.1 Å². The zero-order valence-electron chi connectivity index (χ0n) is 10.9. The number of ether oxygens (including phenoxy) is 1. The third kappa shape index (κ3) is 2.81. The number of carbonyl (C=O) groups excluding carboxylic acids is 1. The van der Waals surface area contributed by atoms with Crippen molar-refractivity contribution in [2.24, 2.45) is 0 Å². The maximum atomic E-state index is 11.9. The Bertz CT molecular complexity index is 436. The molecule has 0 atom stereocenters. The predicted octanol–water partition coefficient (Wildman–Crippen LogP) is 0.573. The Morgan fingerprint density at radius 1 is 1.53 bits per heavy atom. The second kappa shape index (κ2) is 4.09. The molecular formula is C11H18BN3O2. The third-order valence-electron chi connectivity index (χ3n) is 2.62.